The largest absolute Gasteiger partial charge is 0.299 e. The van der Waals surface area contributed by atoms with Crippen molar-refractivity contribution in [3.05, 3.63) is 51.6 Å². The topological polar surface area (TPSA) is 34.9 Å². The van der Waals surface area contributed by atoms with Gasteiger partial charge < -0.3 is 0 Å². The molecule has 0 aliphatic rings. The van der Waals surface area contributed by atoms with Crippen molar-refractivity contribution in [3.63, 3.8) is 0 Å². The van der Waals surface area contributed by atoms with E-state index in [4.69, 9.17) is 11.6 Å². The number of aryl methyl sites for hydroxylation is 2. The summed E-state index contributed by atoms with van der Waals surface area (Å²) in [4.78, 5) is 12.1. The molecule has 0 unspecified atom stereocenters. The quantitative estimate of drug-likeness (QED) is 0.846. The maximum absolute atomic E-state index is 13.7. The van der Waals surface area contributed by atoms with Crippen molar-refractivity contribution in [2.24, 2.45) is 7.05 Å². The smallest absolute Gasteiger partial charge is 0.137 e. The standard InChI is InChI=1S/C16H18ClFN2O/c1-10-13(11(2)20(3)19-10)8-7-12(21)9-14-15(17)5-4-6-16(14)18/h4-6H,7-9H2,1-3H3. The van der Waals surface area contributed by atoms with E-state index in [0.717, 1.165) is 17.0 Å². The second-order valence-electron chi connectivity index (χ2n) is 5.19. The highest BCUT2D eigenvalue weighted by Crippen LogP contribution is 2.21. The number of carbonyl (C=O) groups is 1. The molecule has 0 amide bonds. The predicted molar refractivity (Wildman–Crippen MR) is 81.1 cm³/mol. The Labute approximate surface area is 128 Å². The van der Waals surface area contributed by atoms with Gasteiger partial charge in [-0.2, -0.15) is 5.10 Å². The molecule has 0 fully saturated rings. The normalized spacial score (nSPS) is 10.9. The lowest BCUT2D eigenvalue weighted by molar-refractivity contribution is -0.118. The maximum Gasteiger partial charge on any atom is 0.137 e. The fraction of sp³-hybridized carbons (Fsp3) is 0.375. The molecule has 0 aliphatic carbocycles. The first kappa shape index (κ1) is 15.7. The molecule has 0 saturated heterocycles. The second kappa shape index (κ2) is 6.39. The van der Waals surface area contributed by atoms with Crippen LogP contribution in [0.4, 0.5) is 4.39 Å². The number of ketones is 1. The van der Waals surface area contributed by atoms with Crippen LogP contribution in [-0.4, -0.2) is 15.6 Å². The van der Waals surface area contributed by atoms with Gasteiger partial charge in [0.05, 0.1) is 5.69 Å². The molecule has 112 valence electrons. The molecule has 0 bridgehead atoms. The molecular formula is C16H18ClFN2O. The van der Waals surface area contributed by atoms with Gasteiger partial charge >= 0.3 is 0 Å². The Bertz CT molecular complexity index is 659. The Morgan fingerprint density at radius 1 is 1.33 bits per heavy atom. The van der Waals surface area contributed by atoms with Crippen LogP contribution in [0.5, 0.6) is 0 Å². The summed E-state index contributed by atoms with van der Waals surface area (Å²) < 4.78 is 15.5. The first-order chi connectivity index (χ1) is 9.90. The Hall–Kier alpha value is -1.68. The van der Waals surface area contributed by atoms with Crippen molar-refractivity contribution in [1.29, 1.82) is 0 Å². The van der Waals surface area contributed by atoms with Gasteiger partial charge in [0.2, 0.25) is 0 Å². The molecule has 1 aromatic carbocycles. The molecule has 3 nitrogen and oxygen atoms in total. The lowest BCUT2D eigenvalue weighted by Gasteiger charge is -2.06. The van der Waals surface area contributed by atoms with Crippen molar-refractivity contribution < 1.29 is 9.18 Å². The number of carbonyl (C=O) groups excluding carboxylic acids is 1. The third-order valence-corrected chi connectivity index (χ3v) is 4.10. The van der Waals surface area contributed by atoms with Crippen LogP contribution in [0.1, 0.15) is 28.9 Å². The third kappa shape index (κ3) is 3.50. The van der Waals surface area contributed by atoms with Gasteiger partial charge in [0.15, 0.2) is 0 Å². The number of aromatic nitrogens is 2. The molecule has 2 aromatic rings. The molecule has 1 aromatic heterocycles. The molecular weight excluding hydrogens is 291 g/mol. The zero-order valence-corrected chi connectivity index (χ0v) is 13.2. The van der Waals surface area contributed by atoms with Crippen molar-refractivity contribution in [2.45, 2.75) is 33.1 Å². The van der Waals surface area contributed by atoms with Crippen LogP contribution in [-0.2, 0) is 24.7 Å². The maximum atomic E-state index is 13.7. The Balaban J connectivity index is 2.03. The van der Waals surface area contributed by atoms with Gasteiger partial charge in [-0.3, -0.25) is 9.48 Å². The van der Waals surface area contributed by atoms with E-state index in [-0.39, 0.29) is 17.8 Å². The van der Waals surface area contributed by atoms with E-state index in [9.17, 15) is 9.18 Å². The summed E-state index contributed by atoms with van der Waals surface area (Å²) in [5.74, 6) is -0.450. The van der Waals surface area contributed by atoms with E-state index in [1.807, 2.05) is 25.6 Å². The molecule has 0 aliphatic heterocycles. The van der Waals surface area contributed by atoms with E-state index < -0.39 is 5.82 Å². The van der Waals surface area contributed by atoms with E-state index in [1.165, 1.54) is 12.1 Å². The summed E-state index contributed by atoms with van der Waals surface area (Å²) in [5, 5.41) is 4.63. The molecule has 0 radical (unpaired) electrons. The van der Waals surface area contributed by atoms with Crippen LogP contribution in [0.3, 0.4) is 0 Å². The van der Waals surface area contributed by atoms with Crippen LogP contribution in [0.2, 0.25) is 5.02 Å². The van der Waals surface area contributed by atoms with E-state index in [0.29, 0.717) is 17.9 Å². The number of rotatable bonds is 5. The van der Waals surface area contributed by atoms with Crippen LogP contribution in [0.15, 0.2) is 18.2 Å². The summed E-state index contributed by atoms with van der Waals surface area (Å²) in [5.41, 5.74) is 3.37. The number of benzene rings is 1. The highest BCUT2D eigenvalue weighted by molar-refractivity contribution is 6.31. The number of hydrogen-bond acceptors (Lipinski definition) is 2. The minimum absolute atomic E-state index is 0.0235. The average Bonchev–Trinajstić information content (AvgIpc) is 2.66. The Kier molecular flexibility index (Phi) is 4.78. The molecule has 0 spiro atoms. The van der Waals surface area contributed by atoms with E-state index in [2.05, 4.69) is 5.10 Å². The second-order valence-corrected chi connectivity index (χ2v) is 5.60. The van der Waals surface area contributed by atoms with Crippen LogP contribution >= 0.6 is 11.6 Å². The first-order valence-corrected chi connectivity index (χ1v) is 7.21. The van der Waals surface area contributed by atoms with Gasteiger partial charge in [0.1, 0.15) is 11.6 Å². The summed E-state index contributed by atoms with van der Waals surface area (Å²) in [6.07, 6.45) is 1.01. The highest BCUT2D eigenvalue weighted by atomic mass is 35.5. The van der Waals surface area contributed by atoms with Crippen molar-refractivity contribution >= 4 is 17.4 Å². The Morgan fingerprint density at radius 3 is 2.62 bits per heavy atom. The average molecular weight is 309 g/mol. The molecule has 21 heavy (non-hydrogen) atoms. The molecule has 0 saturated carbocycles. The van der Waals surface area contributed by atoms with Gasteiger partial charge in [-0.25, -0.2) is 4.39 Å². The van der Waals surface area contributed by atoms with E-state index in [1.54, 1.807) is 6.07 Å². The van der Waals surface area contributed by atoms with Crippen molar-refractivity contribution in [3.8, 4) is 0 Å². The van der Waals surface area contributed by atoms with Crippen molar-refractivity contribution in [1.82, 2.24) is 9.78 Å². The molecule has 0 N–H and O–H groups in total. The van der Waals surface area contributed by atoms with Gasteiger partial charge in [-0.1, -0.05) is 17.7 Å². The number of hydrogen-bond donors (Lipinski definition) is 0. The number of nitrogens with zero attached hydrogens (tertiary/aromatic N) is 2. The molecule has 1 heterocycles. The fourth-order valence-corrected chi connectivity index (χ4v) is 2.66. The van der Waals surface area contributed by atoms with Crippen LogP contribution in [0, 0.1) is 19.7 Å². The lowest BCUT2D eigenvalue weighted by Crippen LogP contribution is -2.07. The van der Waals surface area contributed by atoms with Gasteiger partial charge in [0.25, 0.3) is 0 Å². The van der Waals surface area contributed by atoms with Gasteiger partial charge in [-0.05, 0) is 38.0 Å². The molecule has 0 atom stereocenters. The minimum atomic E-state index is -0.426. The van der Waals surface area contributed by atoms with Crippen molar-refractivity contribution in [2.75, 3.05) is 0 Å². The van der Waals surface area contributed by atoms with Crippen LogP contribution < -0.4 is 0 Å². The first-order valence-electron chi connectivity index (χ1n) is 6.83. The zero-order valence-electron chi connectivity index (χ0n) is 12.4. The third-order valence-electron chi connectivity index (χ3n) is 3.75. The summed E-state index contributed by atoms with van der Waals surface area (Å²) in [7, 11) is 1.88. The van der Waals surface area contributed by atoms with E-state index >= 15 is 0 Å². The molecule has 2 rings (SSSR count). The number of Topliss-reactive ketones (excluding diaryl/α,β-unsaturated/α-hetero) is 1. The predicted octanol–water partition coefficient (Wildman–Crippen LogP) is 3.57. The van der Waals surface area contributed by atoms with Crippen LogP contribution in [0.25, 0.3) is 0 Å². The SMILES string of the molecule is Cc1nn(C)c(C)c1CCC(=O)Cc1c(F)cccc1Cl. The minimum Gasteiger partial charge on any atom is -0.299 e. The number of halogens is 2. The highest BCUT2D eigenvalue weighted by Gasteiger charge is 2.14. The fourth-order valence-electron chi connectivity index (χ4n) is 2.43. The summed E-state index contributed by atoms with van der Waals surface area (Å²) >= 11 is 5.94. The summed E-state index contributed by atoms with van der Waals surface area (Å²) in [6, 6.07) is 4.46. The lowest BCUT2D eigenvalue weighted by atomic mass is 10.0. The summed E-state index contributed by atoms with van der Waals surface area (Å²) in [6.45, 7) is 3.91. The van der Waals surface area contributed by atoms with Gasteiger partial charge in [0, 0.05) is 36.2 Å². The molecule has 5 heteroatoms. The van der Waals surface area contributed by atoms with Gasteiger partial charge in [-0.15, -0.1) is 0 Å². The Morgan fingerprint density at radius 2 is 2.05 bits per heavy atom. The zero-order chi connectivity index (χ0) is 15.6. The monoisotopic (exact) mass is 308 g/mol.